The Morgan fingerprint density at radius 3 is 2.70 bits per heavy atom. The third-order valence-electron chi connectivity index (χ3n) is 1.73. The summed E-state index contributed by atoms with van der Waals surface area (Å²) in [4.78, 5) is 11.3. The lowest BCUT2D eigenvalue weighted by Crippen LogP contribution is -2.38. The molecule has 0 aromatic carbocycles. The van der Waals surface area contributed by atoms with Crippen molar-refractivity contribution in [2.45, 2.75) is 20.3 Å². The number of hydrazone groups is 1. The summed E-state index contributed by atoms with van der Waals surface area (Å²) in [5.74, 6) is 0.0926. The minimum absolute atomic E-state index is 0.0926. The summed E-state index contributed by atoms with van der Waals surface area (Å²) in [5, 5.41) is 5.26. The van der Waals surface area contributed by atoms with E-state index in [0.29, 0.717) is 0 Å². The number of carbonyl (C=O) groups is 1. The summed E-state index contributed by atoms with van der Waals surface area (Å²) in [5.41, 5.74) is -0.253. The fourth-order valence-electron chi connectivity index (χ4n) is 0.969. The van der Waals surface area contributed by atoms with Gasteiger partial charge in [0, 0.05) is 13.3 Å². The van der Waals surface area contributed by atoms with Gasteiger partial charge < -0.3 is 0 Å². The molecule has 0 aromatic rings. The van der Waals surface area contributed by atoms with E-state index in [9.17, 15) is 4.79 Å². The number of nitrogens with zero attached hydrogens (tertiary/aromatic N) is 2. The van der Waals surface area contributed by atoms with Crippen molar-refractivity contribution in [3.63, 3.8) is 0 Å². The number of carbonyl (C=O) groups excluding carboxylic acids is 1. The fraction of sp³-hybridized carbons (Fsp3) is 0.714. The number of amides is 1. The highest BCUT2D eigenvalue weighted by Gasteiger charge is 2.31. The molecule has 0 fully saturated rings. The Labute approximate surface area is 60.7 Å². The van der Waals surface area contributed by atoms with Crippen molar-refractivity contribution in [3.8, 4) is 0 Å². The first-order chi connectivity index (χ1) is 4.54. The van der Waals surface area contributed by atoms with Gasteiger partial charge in [0.1, 0.15) is 0 Å². The molecule has 1 amide bonds. The van der Waals surface area contributed by atoms with E-state index < -0.39 is 0 Å². The largest absolute Gasteiger partial charge is 0.272 e. The zero-order chi connectivity index (χ0) is 7.78. The number of rotatable bonds is 0. The van der Waals surface area contributed by atoms with Crippen LogP contribution < -0.4 is 0 Å². The van der Waals surface area contributed by atoms with Crippen LogP contribution >= 0.6 is 0 Å². The molecule has 10 heavy (non-hydrogen) atoms. The van der Waals surface area contributed by atoms with Crippen molar-refractivity contribution in [2.75, 3.05) is 7.05 Å². The van der Waals surface area contributed by atoms with Gasteiger partial charge in [-0.25, -0.2) is 5.01 Å². The van der Waals surface area contributed by atoms with Crippen LogP contribution in [-0.4, -0.2) is 24.2 Å². The third-order valence-corrected chi connectivity index (χ3v) is 1.73. The summed E-state index contributed by atoms with van der Waals surface area (Å²) in [6.45, 7) is 3.86. The average Bonchev–Trinajstić information content (AvgIpc) is 1.83. The first-order valence-corrected chi connectivity index (χ1v) is 3.34. The molecule has 0 spiro atoms. The van der Waals surface area contributed by atoms with Gasteiger partial charge >= 0.3 is 0 Å². The van der Waals surface area contributed by atoms with Crippen LogP contribution in [0.15, 0.2) is 5.10 Å². The lowest BCUT2D eigenvalue weighted by Gasteiger charge is -2.28. The molecule has 1 aliphatic rings. The van der Waals surface area contributed by atoms with E-state index in [4.69, 9.17) is 0 Å². The second kappa shape index (κ2) is 2.08. The highest BCUT2D eigenvalue weighted by molar-refractivity contribution is 5.87. The zero-order valence-corrected chi connectivity index (χ0v) is 6.59. The Morgan fingerprint density at radius 2 is 2.30 bits per heavy atom. The molecule has 1 aliphatic heterocycles. The lowest BCUT2D eigenvalue weighted by molar-refractivity contribution is -0.139. The van der Waals surface area contributed by atoms with Crippen molar-refractivity contribution in [3.05, 3.63) is 0 Å². The molecule has 1 rings (SSSR count). The van der Waals surface area contributed by atoms with Crippen molar-refractivity contribution in [1.82, 2.24) is 5.01 Å². The van der Waals surface area contributed by atoms with E-state index in [2.05, 4.69) is 5.10 Å². The Hall–Kier alpha value is -0.860. The summed E-state index contributed by atoms with van der Waals surface area (Å²) in [7, 11) is 1.68. The van der Waals surface area contributed by atoms with Crippen LogP contribution in [0.4, 0.5) is 0 Å². The molecule has 0 radical (unpaired) electrons. The molecule has 0 N–H and O–H groups in total. The maximum absolute atomic E-state index is 11.3. The van der Waals surface area contributed by atoms with E-state index in [1.165, 1.54) is 5.01 Å². The minimum atomic E-state index is -0.253. The molecule has 3 nitrogen and oxygen atoms in total. The molecular weight excluding hydrogens is 128 g/mol. The smallest absolute Gasteiger partial charge is 0.248 e. The normalized spacial score (nSPS) is 23.5. The quantitative estimate of drug-likeness (QED) is 0.491. The number of hydrogen-bond acceptors (Lipinski definition) is 2. The lowest BCUT2D eigenvalue weighted by atomic mass is 9.88. The summed E-state index contributed by atoms with van der Waals surface area (Å²) < 4.78 is 0. The van der Waals surface area contributed by atoms with Gasteiger partial charge in [0.2, 0.25) is 5.91 Å². The molecule has 0 aromatic heterocycles. The molecule has 0 bridgehead atoms. The van der Waals surface area contributed by atoms with Crippen LogP contribution in [0.1, 0.15) is 20.3 Å². The molecule has 0 saturated carbocycles. The maximum atomic E-state index is 11.3. The minimum Gasteiger partial charge on any atom is -0.272 e. The molecule has 0 aliphatic carbocycles. The van der Waals surface area contributed by atoms with Crippen LogP contribution in [0, 0.1) is 5.41 Å². The SMILES string of the molecule is CN1N=CCC(C)(C)C1=O. The van der Waals surface area contributed by atoms with Crippen LogP contribution in [0.2, 0.25) is 0 Å². The van der Waals surface area contributed by atoms with Gasteiger partial charge in [0.05, 0.1) is 5.41 Å². The highest BCUT2D eigenvalue weighted by atomic mass is 16.2. The third kappa shape index (κ3) is 1.03. The van der Waals surface area contributed by atoms with Crippen molar-refractivity contribution >= 4 is 12.1 Å². The topological polar surface area (TPSA) is 32.7 Å². The Morgan fingerprint density at radius 1 is 1.70 bits per heavy atom. The second-order valence-electron chi connectivity index (χ2n) is 3.21. The molecule has 56 valence electrons. The van der Waals surface area contributed by atoms with Crippen molar-refractivity contribution < 1.29 is 4.79 Å². The highest BCUT2D eigenvalue weighted by Crippen LogP contribution is 2.24. The van der Waals surface area contributed by atoms with Gasteiger partial charge in [-0.2, -0.15) is 5.10 Å². The van der Waals surface area contributed by atoms with Crippen LogP contribution in [0.3, 0.4) is 0 Å². The monoisotopic (exact) mass is 140 g/mol. The van der Waals surface area contributed by atoms with Gasteiger partial charge in [0.25, 0.3) is 0 Å². The second-order valence-corrected chi connectivity index (χ2v) is 3.21. The Balaban J connectivity index is 2.85. The van der Waals surface area contributed by atoms with E-state index in [1.54, 1.807) is 13.3 Å². The first-order valence-electron chi connectivity index (χ1n) is 3.34. The van der Waals surface area contributed by atoms with Gasteiger partial charge in [-0.3, -0.25) is 4.79 Å². The zero-order valence-electron chi connectivity index (χ0n) is 6.59. The van der Waals surface area contributed by atoms with Crippen LogP contribution in [0.25, 0.3) is 0 Å². The summed E-state index contributed by atoms with van der Waals surface area (Å²) >= 11 is 0. The first kappa shape index (κ1) is 7.25. The van der Waals surface area contributed by atoms with Gasteiger partial charge in [-0.15, -0.1) is 0 Å². The van der Waals surface area contributed by atoms with Crippen molar-refractivity contribution in [1.29, 1.82) is 0 Å². The van der Waals surface area contributed by atoms with E-state index >= 15 is 0 Å². The van der Waals surface area contributed by atoms with Crippen LogP contribution in [0.5, 0.6) is 0 Å². The number of hydrogen-bond donors (Lipinski definition) is 0. The fourth-order valence-corrected chi connectivity index (χ4v) is 0.969. The Kier molecular flexibility index (Phi) is 1.50. The van der Waals surface area contributed by atoms with E-state index in [0.717, 1.165) is 6.42 Å². The molecular formula is C7H12N2O. The summed E-state index contributed by atoms with van der Waals surface area (Å²) in [6.07, 6.45) is 2.53. The maximum Gasteiger partial charge on any atom is 0.248 e. The average molecular weight is 140 g/mol. The predicted octanol–water partition coefficient (Wildman–Crippen LogP) is 0.861. The molecule has 0 saturated heterocycles. The van der Waals surface area contributed by atoms with Crippen molar-refractivity contribution in [2.24, 2.45) is 10.5 Å². The molecule has 0 unspecified atom stereocenters. The van der Waals surface area contributed by atoms with E-state index in [-0.39, 0.29) is 11.3 Å². The predicted molar refractivity (Wildman–Crippen MR) is 39.7 cm³/mol. The van der Waals surface area contributed by atoms with Gasteiger partial charge in [0.15, 0.2) is 0 Å². The van der Waals surface area contributed by atoms with Gasteiger partial charge in [-0.1, -0.05) is 13.8 Å². The van der Waals surface area contributed by atoms with Crippen LogP contribution in [-0.2, 0) is 4.79 Å². The summed E-state index contributed by atoms with van der Waals surface area (Å²) in [6, 6.07) is 0. The van der Waals surface area contributed by atoms with E-state index in [1.807, 2.05) is 13.8 Å². The Bertz CT molecular complexity index is 184. The van der Waals surface area contributed by atoms with Gasteiger partial charge in [-0.05, 0) is 6.42 Å². The molecule has 1 heterocycles. The molecule has 0 atom stereocenters. The molecule has 3 heteroatoms. The standard InChI is InChI=1S/C7H12N2O/c1-7(2)4-5-8-9(3)6(7)10/h5H,4H2,1-3H3.